The molecule has 0 aromatic heterocycles. The molecule has 1 aliphatic carbocycles. The van der Waals surface area contributed by atoms with Crippen molar-refractivity contribution in [2.75, 3.05) is 6.61 Å². The van der Waals surface area contributed by atoms with E-state index < -0.39 is 0 Å². The Morgan fingerprint density at radius 1 is 1.50 bits per heavy atom. The summed E-state index contributed by atoms with van der Waals surface area (Å²) in [5.41, 5.74) is 1.71. The van der Waals surface area contributed by atoms with Crippen molar-refractivity contribution in [3.05, 3.63) is 40.9 Å². The minimum atomic E-state index is -0.118. The van der Waals surface area contributed by atoms with E-state index >= 15 is 0 Å². The Morgan fingerprint density at radius 2 is 2.20 bits per heavy atom. The normalized spacial score (nSPS) is 16.9. The number of hydrogen-bond acceptors (Lipinski definition) is 2. The van der Waals surface area contributed by atoms with Crippen molar-refractivity contribution in [1.29, 1.82) is 0 Å². The van der Waals surface area contributed by atoms with Gasteiger partial charge >= 0.3 is 0 Å². The van der Waals surface area contributed by atoms with Crippen LogP contribution in [0.3, 0.4) is 0 Å². The molecule has 0 aliphatic heterocycles. The lowest BCUT2D eigenvalue weighted by atomic mass is 10.1. The van der Waals surface area contributed by atoms with Gasteiger partial charge in [0.1, 0.15) is 0 Å². The molecule has 0 radical (unpaired) electrons. The molecule has 0 saturated heterocycles. The average Bonchev–Trinajstić information content (AvgIpc) is 3.22. The molecular formula is C16H20ClNO2. The number of carbonyl (C=O) groups is 1. The molecule has 1 unspecified atom stereocenters. The molecule has 4 heteroatoms. The predicted octanol–water partition coefficient (Wildman–Crippen LogP) is 3.02. The van der Waals surface area contributed by atoms with E-state index in [0.29, 0.717) is 17.4 Å². The molecule has 3 nitrogen and oxygen atoms in total. The number of amides is 1. The lowest BCUT2D eigenvalue weighted by Crippen LogP contribution is -2.36. The second-order valence-electron chi connectivity index (χ2n) is 5.27. The van der Waals surface area contributed by atoms with Gasteiger partial charge in [-0.1, -0.05) is 29.8 Å². The van der Waals surface area contributed by atoms with E-state index in [2.05, 4.69) is 5.32 Å². The number of carbonyl (C=O) groups excluding carboxylic acids is 1. The summed E-state index contributed by atoms with van der Waals surface area (Å²) in [6.07, 6.45) is 4.47. The Morgan fingerprint density at radius 3 is 2.80 bits per heavy atom. The highest BCUT2D eigenvalue weighted by Gasteiger charge is 2.31. The first kappa shape index (κ1) is 15.1. The number of allylic oxidation sites excluding steroid dienone is 1. The number of aliphatic hydroxyl groups excluding tert-OH is 1. The molecule has 1 fully saturated rings. The summed E-state index contributed by atoms with van der Waals surface area (Å²) in [5, 5.41) is 12.7. The van der Waals surface area contributed by atoms with Crippen LogP contribution in [0.2, 0.25) is 5.02 Å². The largest absolute Gasteiger partial charge is 0.396 e. The molecule has 108 valence electrons. The van der Waals surface area contributed by atoms with Crippen LogP contribution in [0, 0.1) is 5.92 Å². The highest BCUT2D eigenvalue weighted by Crippen LogP contribution is 2.34. The Kier molecular flexibility index (Phi) is 5.21. The van der Waals surface area contributed by atoms with Gasteiger partial charge < -0.3 is 10.4 Å². The molecule has 1 saturated carbocycles. The first-order valence-corrected chi connectivity index (χ1v) is 7.34. The zero-order valence-electron chi connectivity index (χ0n) is 11.6. The van der Waals surface area contributed by atoms with Crippen LogP contribution in [-0.4, -0.2) is 23.7 Å². The van der Waals surface area contributed by atoms with Crippen LogP contribution in [0.4, 0.5) is 0 Å². The quantitative estimate of drug-likeness (QED) is 0.792. The van der Waals surface area contributed by atoms with Crippen molar-refractivity contribution in [3.63, 3.8) is 0 Å². The fourth-order valence-corrected chi connectivity index (χ4v) is 2.63. The van der Waals surface area contributed by atoms with Crippen LogP contribution in [0.25, 0.3) is 5.57 Å². The summed E-state index contributed by atoms with van der Waals surface area (Å²) < 4.78 is 0. The van der Waals surface area contributed by atoms with Gasteiger partial charge in [0.2, 0.25) is 5.91 Å². The minimum absolute atomic E-state index is 0.0859. The lowest BCUT2D eigenvalue weighted by Gasteiger charge is -2.16. The third-order valence-electron chi connectivity index (χ3n) is 3.61. The Labute approximate surface area is 124 Å². The predicted molar refractivity (Wildman–Crippen MR) is 81.5 cm³/mol. The van der Waals surface area contributed by atoms with Crippen LogP contribution in [0.1, 0.15) is 31.7 Å². The van der Waals surface area contributed by atoms with Crippen molar-refractivity contribution in [1.82, 2.24) is 5.32 Å². The molecule has 1 aliphatic rings. The first-order chi connectivity index (χ1) is 9.61. The van der Waals surface area contributed by atoms with Crippen molar-refractivity contribution in [2.24, 2.45) is 5.92 Å². The second-order valence-corrected chi connectivity index (χ2v) is 5.68. The molecular weight excluding hydrogens is 274 g/mol. The number of benzene rings is 1. The maximum absolute atomic E-state index is 12.0. The molecule has 0 bridgehead atoms. The van der Waals surface area contributed by atoms with E-state index in [1.54, 1.807) is 6.08 Å². The Hall–Kier alpha value is -1.32. The number of hydrogen-bond donors (Lipinski definition) is 2. The summed E-state index contributed by atoms with van der Waals surface area (Å²) in [6.45, 7) is 1.98. The summed E-state index contributed by atoms with van der Waals surface area (Å²) in [7, 11) is 0. The summed E-state index contributed by atoms with van der Waals surface area (Å²) in [4.78, 5) is 12.0. The fourth-order valence-electron chi connectivity index (χ4n) is 2.34. The van der Waals surface area contributed by atoms with Gasteiger partial charge in [0.15, 0.2) is 0 Å². The zero-order chi connectivity index (χ0) is 14.5. The van der Waals surface area contributed by atoms with Crippen LogP contribution >= 0.6 is 11.6 Å². The number of rotatable bonds is 6. The number of aliphatic hydroxyl groups is 1. The van der Waals surface area contributed by atoms with Gasteiger partial charge in [0, 0.05) is 23.7 Å². The summed E-state index contributed by atoms with van der Waals surface area (Å²) >= 11 is 6.11. The van der Waals surface area contributed by atoms with Gasteiger partial charge in [-0.05, 0) is 49.3 Å². The van der Waals surface area contributed by atoms with Crippen molar-refractivity contribution >= 4 is 23.1 Å². The van der Waals surface area contributed by atoms with Crippen LogP contribution in [0.15, 0.2) is 30.3 Å². The SMILES string of the molecule is C/C(=C/C(=O)NC(CCO)C1CC1)c1ccccc1Cl. The smallest absolute Gasteiger partial charge is 0.244 e. The average molecular weight is 294 g/mol. The topological polar surface area (TPSA) is 49.3 Å². The molecule has 2 rings (SSSR count). The van der Waals surface area contributed by atoms with Crippen LogP contribution in [-0.2, 0) is 4.79 Å². The van der Waals surface area contributed by atoms with E-state index in [9.17, 15) is 4.79 Å². The van der Waals surface area contributed by atoms with Crippen LogP contribution in [0.5, 0.6) is 0 Å². The molecule has 0 heterocycles. The van der Waals surface area contributed by atoms with Crippen molar-refractivity contribution in [2.45, 2.75) is 32.2 Å². The molecule has 1 amide bonds. The summed E-state index contributed by atoms with van der Waals surface area (Å²) in [6, 6.07) is 7.56. The minimum Gasteiger partial charge on any atom is -0.396 e. The maximum Gasteiger partial charge on any atom is 0.244 e. The highest BCUT2D eigenvalue weighted by molar-refractivity contribution is 6.32. The molecule has 1 atom stereocenters. The lowest BCUT2D eigenvalue weighted by molar-refractivity contribution is -0.117. The van der Waals surface area contributed by atoms with E-state index in [1.165, 1.54) is 0 Å². The van der Waals surface area contributed by atoms with E-state index in [1.807, 2.05) is 31.2 Å². The monoisotopic (exact) mass is 293 g/mol. The standard InChI is InChI=1S/C16H20ClNO2/c1-11(13-4-2-3-5-14(13)17)10-16(20)18-15(8-9-19)12-6-7-12/h2-5,10,12,15,19H,6-9H2,1H3,(H,18,20)/b11-10-. The van der Waals surface area contributed by atoms with Gasteiger partial charge in [0.25, 0.3) is 0 Å². The van der Waals surface area contributed by atoms with Crippen LogP contribution < -0.4 is 5.32 Å². The third-order valence-corrected chi connectivity index (χ3v) is 3.93. The third kappa shape index (κ3) is 4.09. The molecule has 1 aromatic rings. The molecule has 1 aromatic carbocycles. The summed E-state index contributed by atoms with van der Waals surface area (Å²) in [5.74, 6) is 0.410. The molecule has 20 heavy (non-hydrogen) atoms. The van der Waals surface area contributed by atoms with Crippen molar-refractivity contribution in [3.8, 4) is 0 Å². The van der Waals surface area contributed by atoms with E-state index in [-0.39, 0.29) is 18.6 Å². The van der Waals surface area contributed by atoms with Gasteiger partial charge in [-0.2, -0.15) is 0 Å². The van der Waals surface area contributed by atoms with Gasteiger partial charge in [-0.25, -0.2) is 0 Å². The molecule has 0 spiro atoms. The van der Waals surface area contributed by atoms with Gasteiger partial charge in [0.05, 0.1) is 0 Å². The van der Waals surface area contributed by atoms with E-state index in [0.717, 1.165) is 24.0 Å². The second kappa shape index (κ2) is 6.91. The van der Waals surface area contributed by atoms with Gasteiger partial charge in [-0.3, -0.25) is 4.79 Å². The van der Waals surface area contributed by atoms with E-state index in [4.69, 9.17) is 16.7 Å². The Bertz CT molecular complexity index is 509. The fraction of sp³-hybridized carbons (Fsp3) is 0.438. The maximum atomic E-state index is 12.0. The Balaban J connectivity index is 2.02. The zero-order valence-corrected chi connectivity index (χ0v) is 12.4. The highest BCUT2D eigenvalue weighted by atomic mass is 35.5. The number of halogens is 1. The first-order valence-electron chi connectivity index (χ1n) is 6.96. The van der Waals surface area contributed by atoms with Crippen molar-refractivity contribution < 1.29 is 9.90 Å². The number of nitrogens with one attached hydrogen (secondary N) is 1. The van der Waals surface area contributed by atoms with Gasteiger partial charge in [-0.15, -0.1) is 0 Å². The molecule has 2 N–H and O–H groups in total.